The van der Waals surface area contributed by atoms with E-state index >= 15 is 0 Å². The fraction of sp³-hybridized carbons (Fsp3) is 0.0714. The summed E-state index contributed by atoms with van der Waals surface area (Å²) in [6.07, 6.45) is 0. The summed E-state index contributed by atoms with van der Waals surface area (Å²) in [6.45, 7) is 1.87. The van der Waals surface area contributed by atoms with Gasteiger partial charge in [-0.05, 0) is 53.3 Å². The van der Waals surface area contributed by atoms with Crippen molar-refractivity contribution in [3.8, 4) is 0 Å². The number of carbonyl (C=O) groups is 1. The van der Waals surface area contributed by atoms with E-state index in [9.17, 15) is 14.9 Å². The summed E-state index contributed by atoms with van der Waals surface area (Å²) in [7, 11) is 0. The third-order valence-corrected chi connectivity index (χ3v) is 4.14. The average Bonchev–Trinajstić information content (AvgIpc) is 2.42. The van der Waals surface area contributed by atoms with Gasteiger partial charge in [0, 0.05) is 26.4 Å². The molecule has 5 nitrogen and oxygen atoms in total. The second kappa shape index (κ2) is 6.40. The Balaban J connectivity index is 2.24. The number of hydrogen-bond acceptors (Lipinski definition) is 3. The molecule has 0 bridgehead atoms. The Morgan fingerprint density at radius 3 is 2.57 bits per heavy atom. The Hall–Kier alpha value is -1.67. The highest BCUT2D eigenvalue weighted by atomic mass is 127. The van der Waals surface area contributed by atoms with E-state index in [1.54, 1.807) is 18.2 Å². The molecule has 108 valence electrons. The van der Waals surface area contributed by atoms with Gasteiger partial charge in [0.15, 0.2) is 0 Å². The minimum atomic E-state index is -0.496. The van der Waals surface area contributed by atoms with Crippen LogP contribution in [0.4, 0.5) is 11.4 Å². The molecule has 2 rings (SSSR count). The van der Waals surface area contributed by atoms with Crippen molar-refractivity contribution in [2.75, 3.05) is 5.32 Å². The quantitative estimate of drug-likeness (QED) is 0.457. The van der Waals surface area contributed by atoms with E-state index in [1.807, 2.05) is 29.5 Å². The van der Waals surface area contributed by atoms with Crippen LogP contribution in [-0.4, -0.2) is 10.8 Å². The van der Waals surface area contributed by atoms with E-state index < -0.39 is 4.92 Å². The van der Waals surface area contributed by atoms with Crippen molar-refractivity contribution in [2.24, 2.45) is 0 Å². The molecule has 21 heavy (non-hydrogen) atoms. The molecule has 1 N–H and O–H groups in total. The minimum Gasteiger partial charge on any atom is -0.322 e. The number of amides is 1. The number of rotatable bonds is 3. The molecule has 0 spiro atoms. The van der Waals surface area contributed by atoms with Gasteiger partial charge >= 0.3 is 0 Å². The lowest BCUT2D eigenvalue weighted by Gasteiger charge is -2.08. The molecule has 0 saturated carbocycles. The third kappa shape index (κ3) is 3.70. The van der Waals surface area contributed by atoms with Crippen LogP contribution in [0.1, 0.15) is 15.9 Å². The van der Waals surface area contributed by atoms with Gasteiger partial charge in [-0.2, -0.15) is 0 Å². The zero-order valence-corrected chi connectivity index (χ0v) is 13.8. The van der Waals surface area contributed by atoms with Gasteiger partial charge in [0.2, 0.25) is 0 Å². The second-order valence-corrected chi connectivity index (χ2v) is 5.91. The first-order valence-electron chi connectivity index (χ1n) is 5.90. The SMILES string of the molecule is Cc1ccc(NC(=O)c2ccc([N+](=O)[O-])cc2I)cc1Cl. The lowest BCUT2D eigenvalue weighted by atomic mass is 10.2. The van der Waals surface area contributed by atoms with Crippen molar-refractivity contribution in [1.29, 1.82) is 0 Å². The van der Waals surface area contributed by atoms with Gasteiger partial charge < -0.3 is 5.32 Å². The highest BCUT2D eigenvalue weighted by molar-refractivity contribution is 14.1. The van der Waals surface area contributed by atoms with Crippen molar-refractivity contribution >= 4 is 51.5 Å². The number of nitro groups is 1. The number of halogens is 2. The Kier molecular flexibility index (Phi) is 4.79. The first-order chi connectivity index (χ1) is 9.88. The molecule has 0 aromatic heterocycles. The van der Waals surface area contributed by atoms with Gasteiger partial charge in [-0.3, -0.25) is 14.9 Å². The van der Waals surface area contributed by atoms with Crippen molar-refractivity contribution < 1.29 is 9.72 Å². The van der Waals surface area contributed by atoms with Crippen LogP contribution >= 0.6 is 34.2 Å². The Morgan fingerprint density at radius 2 is 2.00 bits per heavy atom. The molecule has 0 fully saturated rings. The topological polar surface area (TPSA) is 72.2 Å². The number of anilines is 1. The average molecular weight is 417 g/mol. The number of non-ortho nitro benzene ring substituents is 1. The van der Waals surface area contributed by atoms with Crippen molar-refractivity contribution in [2.45, 2.75) is 6.92 Å². The summed E-state index contributed by atoms with van der Waals surface area (Å²) in [5, 5.41) is 14.0. The maximum Gasteiger partial charge on any atom is 0.270 e. The number of hydrogen-bond donors (Lipinski definition) is 1. The van der Waals surface area contributed by atoms with E-state index in [2.05, 4.69) is 5.32 Å². The van der Waals surface area contributed by atoms with Crippen molar-refractivity contribution in [3.05, 3.63) is 66.2 Å². The number of nitrogens with zero attached hydrogens (tertiary/aromatic N) is 1. The Bertz CT molecular complexity index is 734. The molecule has 0 heterocycles. The molecule has 1 amide bonds. The summed E-state index contributed by atoms with van der Waals surface area (Å²) >= 11 is 7.90. The normalized spacial score (nSPS) is 10.2. The molecular weight excluding hydrogens is 407 g/mol. The first-order valence-corrected chi connectivity index (χ1v) is 7.35. The molecule has 7 heteroatoms. The van der Waals surface area contributed by atoms with Crippen LogP contribution in [-0.2, 0) is 0 Å². The second-order valence-electron chi connectivity index (χ2n) is 4.34. The molecule has 0 unspecified atom stereocenters. The van der Waals surface area contributed by atoms with Crippen LogP contribution in [0.15, 0.2) is 36.4 Å². The fourth-order valence-electron chi connectivity index (χ4n) is 1.67. The van der Waals surface area contributed by atoms with E-state index in [0.717, 1.165) is 5.56 Å². The Labute approximate surface area is 139 Å². The lowest BCUT2D eigenvalue weighted by molar-refractivity contribution is -0.384. The van der Waals surface area contributed by atoms with Gasteiger partial charge in [0.05, 0.1) is 10.5 Å². The molecule has 0 aliphatic heterocycles. The molecule has 0 radical (unpaired) electrons. The molecule has 2 aromatic carbocycles. The van der Waals surface area contributed by atoms with Gasteiger partial charge in [-0.25, -0.2) is 0 Å². The number of benzene rings is 2. The molecule has 0 aliphatic rings. The smallest absolute Gasteiger partial charge is 0.270 e. The highest BCUT2D eigenvalue weighted by Gasteiger charge is 2.14. The van der Waals surface area contributed by atoms with E-state index in [-0.39, 0.29) is 11.6 Å². The zero-order chi connectivity index (χ0) is 15.6. The maximum atomic E-state index is 12.2. The van der Waals surface area contributed by atoms with Crippen LogP contribution in [0, 0.1) is 20.6 Å². The zero-order valence-electron chi connectivity index (χ0n) is 10.9. The molecule has 0 atom stereocenters. The Morgan fingerprint density at radius 1 is 1.29 bits per heavy atom. The predicted molar refractivity (Wildman–Crippen MR) is 90.0 cm³/mol. The van der Waals surface area contributed by atoms with Crippen LogP contribution in [0.5, 0.6) is 0 Å². The number of carbonyl (C=O) groups excluding carboxylic acids is 1. The van der Waals surface area contributed by atoms with Gasteiger partial charge in [0.25, 0.3) is 11.6 Å². The molecular formula is C14H10ClIN2O3. The van der Waals surface area contributed by atoms with Gasteiger partial charge in [0.1, 0.15) is 0 Å². The van der Waals surface area contributed by atoms with E-state index in [4.69, 9.17) is 11.6 Å². The lowest BCUT2D eigenvalue weighted by Crippen LogP contribution is -2.13. The standard InChI is InChI=1S/C14H10ClIN2O3/c1-8-2-3-9(6-12(8)15)17-14(19)11-5-4-10(18(20)21)7-13(11)16/h2-7H,1H3,(H,17,19). The molecule has 0 aliphatic carbocycles. The molecule has 0 saturated heterocycles. The van der Waals surface area contributed by atoms with Crippen molar-refractivity contribution in [1.82, 2.24) is 0 Å². The largest absolute Gasteiger partial charge is 0.322 e. The maximum absolute atomic E-state index is 12.2. The predicted octanol–water partition coefficient (Wildman–Crippen LogP) is 4.41. The van der Waals surface area contributed by atoms with Crippen LogP contribution in [0.2, 0.25) is 5.02 Å². The van der Waals surface area contributed by atoms with E-state index in [1.165, 1.54) is 18.2 Å². The van der Waals surface area contributed by atoms with Gasteiger partial charge in [-0.15, -0.1) is 0 Å². The van der Waals surface area contributed by atoms with E-state index in [0.29, 0.717) is 19.8 Å². The summed E-state index contributed by atoms with van der Waals surface area (Å²) in [6, 6.07) is 9.31. The summed E-state index contributed by atoms with van der Waals surface area (Å²) in [5.41, 5.74) is 1.82. The van der Waals surface area contributed by atoms with Crippen LogP contribution < -0.4 is 5.32 Å². The third-order valence-electron chi connectivity index (χ3n) is 2.84. The molecule has 2 aromatic rings. The number of nitrogens with one attached hydrogen (secondary N) is 1. The minimum absolute atomic E-state index is 0.0469. The van der Waals surface area contributed by atoms with Crippen LogP contribution in [0.25, 0.3) is 0 Å². The summed E-state index contributed by atoms with van der Waals surface area (Å²) in [4.78, 5) is 22.4. The number of aryl methyl sites for hydroxylation is 1. The highest BCUT2D eigenvalue weighted by Crippen LogP contribution is 2.23. The van der Waals surface area contributed by atoms with Gasteiger partial charge in [-0.1, -0.05) is 17.7 Å². The van der Waals surface area contributed by atoms with Crippen molar-refractivity contribution in [3.63, 3.8) is 0 Å². The summed E-state index contributed by atoms with van der Waals surface area (Å²) < 4.78 is 0.512. The summed E-state index contributed by atoms with van der Waals surface area (Å²) in [5.74, 6) is -0.339. The first kappa shape index (κ1) is 15.7. The fourth-order valence-corrected chi connectivity index (χ4v) is 2.60. The number of nitro benzene ring substituents is 1. The monoisotopic (exact) mass is 416 g/mol. The van der Waals surface area contributed by atoms with Crippen LogP contribution in [0.3, 0.4) is 0 Å².